The molecule has 2 aromatic carbocycles. The molecule has 0 spiro atoms. The molecule has 0 unspecified atom stereocenters. The highest BCUT2D eigenvalue weighted by Gasteiger charge is 2.13. The van der Waals surface area contributed by atoms with E-state index in [1.54, 1.807) is 6.07 Å². The van der Waals surface area contributed by atoms with Crippen molar-refractivity contribution in [3.8, 4) is 0 Å². The predicted molar refractivity (Wildman–Crippen MR) is 77.9 cm³/mol. The van der Waals surface area contributed by atoms with E-state index >= 15 is 0 Å². The summed E-state index contributed by atoms with van der Waals surface area (Å²) in [6.45, 7) is 0. The summed E-state index contributed by atoms with van der Waals surface area (Å²) in [7, 11) is 0. The number of rotatable bonds is 4. The maximum Gasteiger partial charge on any atom is 0.176 e. The molecule has 0 aliphatic carbocycles. The molecule has 98 valence electrons. The van der Waals surface area contributed by atoms with Crippen molar-refractivity contribution in [2.24, 2.45) is 0 Å². The molecule has 0 amide bonds. The molecular formula is C14H9Cl2FOS. The molecule has 0 fully saturated rings. The second kappa shape index (κ2) is 6.42. The van der Waals surface area contributed by atoms with Gasteiger partial charge < -0.3 is 0 Å². The molecule has 0 radical (unpaired) electrons. The number of hydrogen-bond donors (Lipinski definition) is 0. The maximum absolute atomic E-state index is 13.6. The number of Topliss-reactive ketones (excluding diaryl/α,β-unsaturated/α-hetero) is 1. The monoisotopic (exact) mass is 314 g/mol. The summed E-state index contributed by atoms with van der Waals surface area (Å²) in [4.78, 5) is 12.7. The minimum Gasteiger partial charge on any atom is -0.293 e. The Kier molecular flexibility index (Phi) is 4.86. The molecule has 5 heteroatoms. The zero-order valence-electron chi connectivity index (χ0n) is 9.70. The Morgan fingerprint density at radius 2 is 1.89 bits per heavy atom. The molecule has 0 bridgehead atoms. The fourth-order valence-electron chi connectivity index (χ4n) is 1.50. The fourth-order valence-corrected chi connectivity index (χ4v) is 2.78. The van der Waals surface area contributed by atoms with E-state index < -0.39 is 5.82 Å². The van der Waals surface area contributed by atoms with Crippen molar-refractivity contribution in [3.63, 3.8) is 0 Å². The molecule has 0 saturated carbocycles. The van der Waals surface area contributed by atoms with Gasteiger partial charge in [-0.15, -0.1) is 11.8 Å². The Bertz CT molecular complexity index is 616. The van der Waals surface area contributed by atoms with Gasteiger partial charge >= 0.3 is 0 Å². The minimum atomic E-state index is -0.600. The van der Waals surface area contributed by atoms with Crippen LogP contribution in [-0.4, -0.2) is 11.5 Å². The Morgan fingerprint density at radius 1 is 1.16 bits per heavy atom. The van der Waals surface area contributed by atoms with Crippen molar-refractivity contribution in [3.05, 3.63) is 63.9 Å². The third-order valence-electron chi connectivity index (χ3n) is 2.43. The van der Waals surface area contributed by atoms with Crippen LogP contribution in [0.15, 0.2) is 47.4 Å². The van der Waals surface area contributed by atoms with Gasteiger partial charge in [0.1, 0.15) is 5.82 Å². The van der Waals surface area contributed by atoms with Crippen molar-refractivity contribution in [2.75, 3.05) is 5.75 Å². The van der Waals surface area contributed by atoms with E-state index in [0.717, 1.165) is 11.0 Å². The first kappa shape index (κ1) is 14.4. The molecule has 0 aliphatic rings. The molecule has 2 rings (SSSR count). The van der Waals surface area contributed by atoms with E-state index in [1.165, 1.54) is 23.9 Å². The number of ketones is 1. The van der Waals surface area contributed by atoms with Crippen LogP contribution in [0.3, 0.4) is 0 Å². The fraction of sp³-hybridized carbons (Fsp3) is 0.0714. The van der Waals surface area contributed by atoms with Gasteiger partial charge in [-0.1, -0.05) is 35.3 Å². The number of halogens is 3. The third-order valence-corrected chi connectivity index (χ3v) is 4.18. The van der Waals surface area contributed by atoms with Gasteiger partial charge in [0.15, 0.2) is 5.78 Å². The third kappa shape index (κ3) is 3.72. The standard InChI is InChI=1S/C14H9Cl2FOS/c15-9-5-6-10(12(17)7-9)13(18)8-19-14-4-2-1-3-11(14)16/h1-7H,8H2. The van der Waals surface area contributed by atoms with Crippen LogP contribution in [-0.2, 0) is 0 Å². The summed E-state index contributed by atoms with van der Waals surface area (Å²) in [6, 6.07) is 11.2. The average Bonchev–Trinajstić information content (AvgIpc) is 2.37. The van der Waals surface area contributed by atoms with E-state index in [-0.39, 0.29) is 22.1 Å². The first-order valence-electron chi connectivity index (χ1n) is 5.43. The molecule has 0 saturated heterocycles. The molecule has 0 heterocycles. The van der Waals surface area contributed by atoms with Crippen molar-refractivity contribution in [2.45, 2.75) is 4.90 Å². The van der Waals surface area contributed by atoms with Gasteiger partial charge in [0.25, 0.3) is 0 Å². The van der Waals surface area contributed by atoms with Gasteiger partial charge in [0.2, 0.25) is 0 Å². The number of carbonyl (C=O) groups is 1. The average molecular weight is 315 g/mol. The Balaban J connectivity index is 2.08. The van der Waals surface area contributed by atoms with Gasteiger partial charge in [-0.25, -0.2) is 4.39 Å². The zero-order chi connectivity index (χ0) is 13.8. The van der Waals surface area contributed by atoms with Crippen LogP contribution in [0, 0.1) is 5.82 Å². The van der Waals surface area contributed by atoms with E-state index in [9.17, 15) is 9.18 Å². The molecule has 0 N–H and O–H groups in total. The normalized spacial score (nSPS) is 10.5. The lowest BCUT2D eigenvalue weighted by atomic mass is 10.1. The number of thioether (sulfide) groups is 1. The quantitative estimate of drug-likeness (QED) is 0.576. The first-order valence-corrected chi connectivity index (χ1v) is 7.17. The van der Waals surface area contributed by atoms with Crippen molar-refractivity contribution in [1.82, 2.24) is 0 Å². The van der Waals surface area contributed by atoms with Crippen LogP contribution in [0.5, 0.6) is 0 Å². The van der Waals surface area contributed by atoms with Crippen molar-refractivity contribution in [1.29, 1.82) is 0 Å². The largest absolute Gasteiger partial charge is 0.293 e. The predicted octanol–water partition coefficient (Wildman–Crippen LogP) is 5.11. The van der Waals surface area contributed by atoms with Gasteiger partial charge in [-0.05, 0) is 30.3 Å². The topological polar surface area (TPSA) is 17.1 Å². The molecule has 0 aromatic heterocycles. The highest BCUT2D eigenvalue weighted by Crippen LogP contribution is 2.27. The Hall–Kier alpha value is -1.03. The Labute approximate surface area is 124 Å². The number of carbonyl (C=O) groups excluding carboxylic acids is 1. The van der Waals surface area contributed by atoms with Gasteiger partial charge in [-0.3, -0.25) is 4.79 Å². The second-order valence-corrected chi connectivity index (χ2v) is 5.63. The highest BCUT2D eigenvalue weighted by atomic mass is 35.5. The summed E-state index contributed by atoms with van der Waals surface area (Å²) in [5.41, 5.74) is 0.0453. The minimum absolute atomic E-state index is 0.0453. The summed E-state index contributed by atoms with van der Waals surface area (Å²) >= 11 is 12.9. The van der Waals surface area contributed by atoms with Crippen molar-refractivity contribution < 1.29 is 9.18 Å². The van der Waals surface area contributed by atoms with E-state index in [0.29, 0.717) is 5.02 Å². The molecule has 0 aliphatic heterocycles. The molecule has 1 nitrogen and oxygen atoms in total. The van der Waals surface area contributed by atoms with Gasteiger partial charge in [-0.2, -0.15) is 0 Å². The zero-order valence-corrected chi connectivity index (χ0v) is 12.0. The van der Waals surface area contributed by atoms with Crippen LogP contribution < -0.4 is 0 Å². The summed E-state index contributed by atoms with van der Waals surface area (Å²) < 4.78 is 13.6. The van der Waals surface area contributed by atoms with Gasteiger partial charge in [0, 0.05) is 9.92 Å². The van der Waals surface area contributed by atoms with E-state index in [4.69, 9.17) is 23.2 Å². The van der Waals surface area contributed by atoms with Crippen LogP contribution in [0.25, 0.3) is 0 Å². The SMILES string of the molecule is O=C(CSc1ccccc1Cl)c1ccc(Cl)cc1F. The van der Waals surface area contributed by atoms with E-state index in [2.05, 4.69) is 0 Å². The highest BCUT2D eigenvalue weighted by molar-refractivity contribution is 8.00. The van der Waals surface area contributed by atoms with Crippen LogP contribution >= 0.6 is 35.0 Å². The summed E-state index contributed by atoms with van der Waals surface area (Å²) in [5.74, 6) is -0.765. The van der Waals surface area contributed by atoms with Crippen molar-refractivity contribution >= 4 is 40.7 Å². The van der Waals surface area contributed by atoms with Crippen LogP contribution in [0.1, 0.15) is 10.4 Å². The second-order valence-electron chi connectivity index (χ2n) is 3.77. The number of hydrogen-bond acceptors (Lipinski definition) is 2. The van der Waals surface area contributed by atoms with E-state index in [1.807, 2.05) is 18.2 Å². The lowest BCUT2D eigenvalue weighted by Crippen LogP contribution is -2.05. The van der Waals surface area contributed by atoms with Crippen LogP contribution in [0.4, 0.5) is 4.39 Å². The lowest BCUT2D eigenvalue weighted by molar-refractivity contribution is 0.101. The lowest BCUT2D eigenvalue weighted by Gasteiger charge is -2.04. The molecule has 2 aromatic rings. The molecule has 19 heavy (non-hydrogen) atoms. The smallest absolute Gasteiger partial charge is 0.176 e. The summed E-state index contributed by atoms with van der Waals surface area (Å²) in [5, 5.41) is 0.852. The van der Waals surface area contributed by atoms with Crippen LogP contribution in [0.2, 0.25) is 10.0 Å². The summed E-state index contributed by atoms with van der Waals surface area (Å²) in [6.07, 6.45) is 0. The molecule has 0 atom stereocenters. The number of benzene rings is 2. The van der Waals surface area contributed by atoms with Gasteiger partial charge in [0.05, 0.1) is 16.3 Å². The first-order chi connectivity index (χ1) is 9.08. The molecular weight excluding hydrogens is 306 g/mol. The maximum atomic E-state index is 13.6. The Morgan fingerprint density at radius 3 is 2.58 bits per heavy atom.